The minimum absolute atomic E-state index is 0.131. The van der Waals surface area contributed by atoms with E-state index in [9.17, 15) is 10.1 Å². The Kier molecular flexibility index (Phi) is 5.93. The van der Waals surface area contributed by atoms with Crippen LogP contribution in [0.3, 0.4) is 0 Å². The number of carbonyl (C=O) groups is 1. The number of aromatic nitrogens is 1. The van der Waals surface area contributed by atoms with E-state index < -0.39 is 11.1 Å². The number of hydrogen-bond acceptors (Lipinski definition) is 5. The lowest BCUT2D eigenvalue weighted by molar-refractivity contribution is 0.0865. The molecule has 7 heteroatoms. The topological polar surface area (TPSA) is 116 Å². The van der Waals surface area contributed by atoms with Crippen LogP contribution in [0.25, 0.3) is 0 Å². The Morgan fingerprint density at radius 3 is 2.41 bits per heavy atom. The van der Waals surface area contributed by atoms with Crippen molar-refractivity contribution in [3.63, 3.8) is 0 Å². The number of pyridine rings is 1. The maximum absolute atomic E-state index is 12.8. The van der Waals surface area contributed by atoms with Gasteiger partial charge in [-0.2, -0.15) is 5.26 Å². The smallest absolute Gasteiger partial charge is 0.253 e. The summed E-state index contributed by atoms with van der Waals surface area (Å²) in [4.78, 5) is 21.3. The van der Waals surface area contributed by atoms with E-state index in [0.717, 1.165) is 5.56 Å². The Bertz CT molecular complexity index is 862. The van der Waals surface area contributed by atoms with E-state index in [1.165, 1.54) is 0 Å². The van der Waals surface area contributed by atoms with Gasteiger partial charge in [0.1, 0.15) is 0 Å². The van der Waals surface area contributed by atoms with Gasteiger partial charge in [-0.3, -0.25) is 15.1 Å². The van der Waals surface area contributed by atoms with Crippen molar-refractivity contribution in [2.75, 3.05) is 0 Å². The van der Waals surface area contributed by atoms with E-state index in [1.807, 2.05) is 46.0 Å². The lowest BCUT2D eigenvalue weighted by Gasteiger charge is -2.42. The molecule has 140 valence electrons. The molecule has 0 radical (unpaired) electrons. The molecule has 0 spiro atoms. The Labute approximate surface area is 159 Å². The van der Waals surface area contributed by atoms with Gasteiger partial charge in [0.25, 0.3) is 5.91 Å². The van der Waals surface area contributed by atoms with Crippen LogP contribution in [0.1, 0.15) is 36.7 Å². The maximum atomic E-state index is 12.8. The zero-order valence-corrected chi connectivity index (χ0v) is 15.9. The molecule has 1 heterocycles. The summed E-state index contributed by atoms with van der Waals surface area (Å²) in [5.41, 5.74) is 6.57. The number of carbonyl (C=O) groups excluding carboxylic acids is 1. The summed E-state index contributed by atoms with van der Waals surface area (Å²) in [7, 11) is 0. The maximum Gasteiger partial charge on any atom is 0.253 e. The Morgan fingerprint density at radius 2 is 1.89 bits per heavy atom. The minimum atomic E-state index is -1.43. The molecule has 1 aromatic carbocycles. The van der Waals surface area contributed by atoms with Crippen LogP contribution in [0, 0.1) is 23.8 Å². The molecule has 7 nitrogen and oxygen atoms in total. The lowest BCUT2D eigenvalue weighted by atomic mass is 9.79. The minimum Gasteiger partial charge on any atom is -0.327 e. The van der Waals surface area contributed by atoms with E-state index >= 15 is 0 Å². The summed E-state index contributed by atoms with van der Waals surface area (Å²) in [6.07, 6.45) is 5.02. The van der Waals surface area contributed by atoms with Crippen molar-refractivity contribution in [2.24, 2.45) is 16.1 Å². The molecule has 0 unspecified atom stereocenters. The average molecular weight is 364 g/mol. The zero-order valence-electron chi connectivity index (χ0n) is 15.9. The summed E-state index contributed by atoms with van der Waals surface area (Å²) in [6, 6.07) is 10.6. The molecule has 2 rings (SSSR count). The van der Waals surface area contributed by atoms with Crippen LogP contribution in [-0.2, 0) is 0 Å². The van der Waals surface area contributed by atoms with Crippen LogP contribution in [0.15, 0.2) is 53.8 Å². The van der Waals surface area contributed by atoms with Gasteiger partial charge >= 0.3 is 0 Å². The van der Waals surface area contributed by atoms with Crippen LogP contribution in [0.4, 0.5) is 5.69 Å². The van der Waals surface area contributed by atoms with Gasteiger partial charge in [0.2, 0.25) is 0 Å². The molecule has 0 bridgehead atoms. The molecule has 0 aliphatic heterocycles. The SMILES string of the molecule is Cc1ccc(C(=O)N[C@@](N)(C(=Nc2cccnc2)NC#N)C(C)(C)C)cc1. The highest BCUT2D eigenvalue weighted by atomic mass is 16.2. The number of nitriles is 1. The number of amides is 1. The number of nitrogens with two attached hydrogens (primary N) is 1. The number of aliphatic imine (C=N–C) groups is 1. The molecular formula is C20H24N6O. The molecule has 0 aliphatic carbocycles. The summed E-state index contributed by atoms with van der Waals surface area (Å²) in [5.74, 6) is -0.225. The number of rotatable bonds is 4. The van der Waals surface area contributed by atoms with Gasteiger partial charge in [-0.1, -0.05) is 38.5 Å². The number of nitrogens with zero attached hydrogens (tertiary/aromatic N) is 3. The van der Waals surface area contributed by atoms with Gasteiger partial charge in [-0.15, -0.1) is 0 Å². The number of benzene rings is 1. The van der Waals surface area contributed by atoms with Gasteiger partial charge in [0.05, 0.1) is 11.9 Å². The van der Waals surface area contributed by atoms with Gasteiger partial charge in [-0.05, 0) is 31.2 Å². The first-order chi connectivity index (χ1) is 12.7. The molecular weight excluding hydrogens is 340 g/mol. The summed E-state index contributed by atoms with van der Waals surface area (Å²) < 4.78 is 0. The van der Waals surface area contributed by atoms with E-state index in [2.05, 4.69) is 20.6 Å². The molecule has 1 atom stereocenters. The number of aryl methyl sites for hydroxylation is 1. The van der Waals surface area contributed by atoms with Crippen molar-refractivity contribution in [3.8, 4) is 6.19 Å². The molecule has 27 heavy (non-hydrogen) atoms. The first-order valence-electron chi connectivity index (χ1n) is 8.50. The van der Waals surface area contributed by atoms with Crippen LogP contribution in [-0.4, -0.2) is 22.4 Å². The monoisotopic (exact) mass is 364 g/mol. The summed E-state index contributed by atoms with van der Waals surface area (Å²) >= 11 is 0. The fraction of sp³-hybridized carbons (Fsp3) is 0.300. The Morgan fingerprint density at radius 1 is 1.22 bits per heavy atom. The highest BCUT2D eigenvalue weighted by Crippen LogP contribution is 2.28. The van der Waals surface area contributed by atoms with Crippen molar-refractivity contribution < 1.29 is 4.79 Å². The lowest BCUT2D eigenvalue weighted by Crippen LogP contribution is -2.71. The number of nitrogens with one attached hydrogen (secondary N) is 2. The van der Waals surface area contributed by atoms with Gasteiger partial charge < -0.3 is 11.1 Å². The average Bonchev–Trinajstić information content (AvgIpc) is 2.61. The first-order valence-corrected chi connectivity index (χ1v) is 8.50. The van der Waals surface area contributed by atoms with Crippen LogP contribution >= 0.6 is 0 Å². The van der Waals surface area contributed by atoms with Crippen LogP contribution in [0.2, 0.25) is 0 Å². The second-order valence-electron chi connectivity index (χ2n) is 7.29. The Balaban J connectivity index is 2.47. The second kappa shape index (κ2) is 7.98. The van der Waals surface area contributed by atoms with E-state index in [4.69, 9.17) is 5.73 Å². The third-order valence-corrected chi connectivity index (χ3v) is 4.24. The molecule has 0 saturated carbocycles. The Hall–Kier alpha value is -3.24. The fourth-order valence-corrected chi connectivity index (χ4v) is 2.37. The number of hydrogen-bond donors (Lipinski definition) is 3. The van der Waals surface area contributed by atoms with Crippen molar-refractivity contribution in [1.29, 1.82) is 5.26 Å². The van der Waals surface area contributed by atoms with Crippen molar-refractivity contribution >= 4 is 17.4 Å². The highest BCUT2D eigenvalue weighted by Gasteiger charge is 2.45. The quantitative estimate of drug-likeness (QED) is 0.253. The largest absolute Gasteiger partial charge is 0.327 e. The predicted octanol–water partition coefficient (Wildman–Crippen LogP) is 2.62. The van der Waals surface area contributed by atoms with Crippen molar-refractivity contribution in [2.45, 2.75) is 33.4 Å². The van der Waals surface area contributed by atoms with E-state index in [0.29, 0.717) is 11.3 Å². The second-order valence-corrected chi connectivity index (χ2v) is 7.29. The zero-order chi connectivity index (χ0) is 20.1. The normalized spacial score (nSPS) is 14.0. The summed E-state index contributed by atoms with van der Waals surface area (Å²) in [5, 5.41) is 14.6. The fourth-order valence-electron chi connectivity index (χ4n) is 2.37. The predicted molar refractivity (Wildman–Crippen MR) is 105 cm³/mol. The van der Waals surface area contributed by atoms with Crippen molar-refractivity contribution in [1.82, 2.24) is 15.6 Å². The molecule has 0 fully saturated rings. The van der Waals surface area contributed by atoms with Gasteiger partial charge in [0, 0.05) is 17.2 Å². The van der Waals surface area contributed by atoms with Gasteiger partial charge in [0.15, 0.2) is 17.7 Å². The molecule has 0 aliphatic rings. The van der Waals surface area contributed by atoms with Crippen LogP contribution in [0.5, 0.6) is 0 Å². The third-order valence-electron chi connectivity index (χ3n) is 4.24. The number of amidine groups is 1. The molecule has 4 N–H and O–H groups in total. The first kappa shape index (κ1) is 20.1. The van der Waals surface area contributed by atoms with Crippen LogP contribution < -0.4 is 16.4 Å². The third kappa shape index (κ3) is 4.68. The molecule has 1 amide bonds. The van der Waals surface area contributed by atoms with E-state index in [-0.39, 0.29) is 11.7 Å². The summed E-state index contributed by atoms with van der Waals surface area (Å²) in [6.45, 7) is 7.53. The molecule has 0 saturated heterocycles. The molecule has 1 aromatic heterocycles. The highest BCUT2D eigenvalue weighted by molar-refractivity contribution is 6.02. The molecule has 2 aromatic rings. The van der Waals surface area contributed by atoms with E-state index in [1.54, 1.807) is 36.7 Å². The van der Waals surface area contributed by atoms with Crippen molar-refractivity contribution in [3.05, 3.63) is 59.9 Å². The standard InChI is InChI=1S/C20H24N6O/c1-14-7-9-15(10-8-14)17(27)26-20(22,19(2,3)4)18(24-13-21)25-16-6-5-11-23-12-16/h5-12H,22H2,1-4H3,(H,24,25)(H,26,27)/t20-/m0/s1. The van der Waals surface area contributed by atoms with Gasteiger partial charge in [-0.25, -0.2) is 4.99 Å².